The van der Waals surface area contributed by atoms with E-state index < -0.39 is 0 Å². The fourth-order valence-corrected chi connectivity index (χ4v) is 1.16. The Morgan fingerprint density at radius 1 is 1.36 bits per heavy atom. The van der Waals surface area contributed by atoms with Gasteiger partial charge in [-0.15, -0.1) is 0 Å². The molecule has 0 spiro atoms. The highest BCUT2D eigenvalue weighted by molar-refractivity contribution is 5.35. The molecule has 1 aromatic rings. The van der Waals surface area contributed by atoms with E-state index in [-0.39, 0.29) is 0 Å². The van der Waals surface area contributed by atoms with Crippen LogP contribution in [0.4, 0.5) is 0 Å². The molecule has 0 saturated heterocycles. The Bertz CT molecular complexity index is 297. The number of rotatable bonds is 4. The number of nitrogens with two attached hydrogens (primary N) is 1. The topological polar surface area (TPSA) is 38.5 Å². The highest BCUT2D eigenvalue weighted by atomic mass is 16.5. The highest BCUT2D eigenvalue weighted by Gasteiger charge is 1.99. The van der Waals surface area contributed by atoms with Gasteiger partial charge in [-0.05, 0) is 31.0 Å². The first-order valence-electron chi connectivity index (χ1n) is 4.75. The molecule has 0 unspecified atom stereocenters. The summed E-state index contributed by atoms with van der Waals surface area (Å²) in [6, 6.07) is 6.19. The number of hydrazine groups is 1. The zero-order chi connectivity index (χ0) is 10.6. The van der Waals surface area contributed by atoms with Gasteiger partial charge in [0, 0.05) is 13.6 Å². The average molecular weight is 194 g/mol. The van der Waals surface area contributed by atoms with Crippen LogP contribution in [0.15, 0.2) is 18.2 Å². The van der Waals surface area contributed by atoms with Crippen LogP contribution in [-0.4, -0.2) is 25.2 Å². The molecule has 14 heavy (non-hydrogen) atoms. The maximum Gasteiger partial charge on any atom is 0.122 e. The van der Waals surface area contributed by atoms with E-state index in [4.69, 9.17) is 10.6 Å². The van der Waals surface area contributed by atoms with Crippen molar-refractivity contribution in [3.63, 3.8) is 0 Å². The minimum atomic E-state index is 0.622. The minimum Gasteiger partial charge on any atom is -0.492 e. The largest absolute Gasteiger partial charge is 0.492 e. The number of hydrogen-bond donors (Lipinski definition) is 1. The van der Waals surface area contributed by atoms with Gasteiger partial charge in [-0.2, -0.15) is 0 Å². The molecule has 0 aliphatic carbocycles. The van der Waals surface area contributed by atoms with Gasteiger partial charge in [0.15, 0.2) is 0 Å². The Hall–Kier alpha value is -1.06. The summed E-state index contributed by atoms with van der Waals surface area (Å²) in [5.41, 5.74) is 2.38. The van der Waals surface area contributed by atoms with Crippen molar-refractivity contribution in [2.45, 2.75) is 13.8 Å². The first kappa shape index (κ1) is 11.0. The van der Waals surface area contributed by atoms with Crippen LogP contribution in [0.2, 0.25) is 0 Å². The molecule has 1 rings (SSSR count). The summed E-state index contributed by atoms with van der Waals surface area (Å²) in [5.74, 6) is 6.43. The Kier molecular flexibility index (Phi) is 3.92. The van der Waals surface area contributed by atoms with Crippen LogP contribution in [0, 0.1) is 13.8 Å². The molecule has 0 bridgehead atoms. The summed E-state index contributed by atoms with van der Waals surface area (Å²) >= 11 is 0. The van der Waals surface area contributed by atoms with Crippen molar-refractivity contribution in [3.8, 4) is 5.75 Å². The fraction of sp³-hybridized carbons (Fsp3) is 0.455. The van der Waals surface area contributed by atoms with Crippen molar-refractivity contribution in [1.82, 2.24) is 5.01 Å². The Morgan fingerprint density at radius 3 is 2.71 bits per heavy atom. The van der Waals surface area contributed by atoms with Gasteiger partial charge in [-0.25, -0.2) is 5.01 Å². The number of ether oxygens (including phenoxy) is 1. The van der Waals surface area contributed by atoms with Crippen LogP contribution in [0.3, 0.4) is 0 Å². The molecule has 0 fully saturated rings. The van der Waals surface area contributed by atoms with E-state index in [0.717, 1.165) is 17.9 Å². The second kappa shape index (κ2) is 4.98. The number of likely N-dealkylation sites (N-methyl/N-ethyl adjacent to an activating group) is 1. The molecule has 2 N–H and O–H groups in total. The third kappa shape index (κ3) is 3.36. The van der Waals surface area contributed by atoms with Crippen molar-refractivity contribution >= 4 is 0 Å². The lowest BCUT2D eigenvalue weighted by Gasteiger charge is -2.12. The predicted octanol–water partition coefficient (Wildman–Crippen LogP) is 1.49. The fourth-order valence-electron chi connectivity index (χ4n) is 1.16. The second-order valence-electron chi connectivity index (χ2n) is 3.60. The smallest absolute Gasteiger partial charge is 0.122 e. The van der Waals surface area contributed by atoms with Crippen molar-refractivity contribution in [3.05, 3.63) is 29.3 Å². The van der Waals surface area contributed by atoms with E-state index in [1.807, 2.05) is 20.0 Å². The summed E-state index contributed by atoms with van der Waals surface area (Å²) < 4.78 is 5.61. The summed E-state index contributed by atoms with van der Waals surface area (Å²) in [7, 11) is 1.83. The molecule has 0 heterocycles. The summed E-state index contributed by atoms with van der Waals surface area (Å²) in [5, 5.41) is 1.62. The van der Waals surface area contributed by atoms with Crippen LogP contribution in [-0.2, 0) is 0 Å². The number of benzene rings is 1. The molecule has 0 aromatic heterocycles. The summed E-state index contributed by atoms with van der Waals surface area (Å²) in [6.07, 6.45) is 0. The normalized spacial score (nSPS) is 10.6. The minimum absolute atomic E-state index is 0.622. The lowest BCUT2D eigenvalue weighted by molar-refractivity contribution is 0.240. The van der Waals surface area contributed by atoms with E-state index in [1.165, 1.54) is 5.56 Å². The van der Waals surface area contributed by atoms with E-state index in [1.54, 1.807) is 5.01 Å². The van der Waals surface area contributed by atoms with Gasteiger partial charge in [0.1, 0.15) is 12.4 Å². The molecule has 0 radical (unpaired) electrons. The molecule has 78 valence electrons. The molecule has 3 nitrogen and oxygen atoms in total. The van der Waals surface area contributed by atoms with Gasteiger partial charge >= 0.3 is 0 Å². The van der Waals surface area contributed by atoms with Crippen molar-refractivity contribution in [1.29, 1.82) is 0 Å². The zero-order valence-corrected chi connectivity index (χ0v) is 9.08. The maximum absolute atomic E-state index is 5.61. The van der Waals surface area contributed by atoms with Crippen molar-refractivity contribution in [2.24, 2.45) is 5.84 Å². The first-order chi connectivity index (χ1) is 6.59. The molecular formula is C11H18N2O. The third-order valence-electron chi connectivity index (χ3n) is 2.05. The van der Waals surface area contributed by atoms with Gasteiger partial charge in [0.2, 0.25) is 0 Å². The average Bonchev–Trinajstić information content (AvgIpc) is 2.10. The first-order valence-corrected chi connectivity index (χ1v) is 4.75. The van der Waals surface area contributed by atoms with Gasteiger partial charge < -0.3 is 4.74 Å². The molecule has 0 amide bonds. The van der Waals surface area contributed by atoms with E-state index in [9.17, 15) is 0 Å². The molecule has 0 aliphatic rings. The molecule has 1 aromatic carbocycles. The van der Waals surface area contributed by atoms with Crippen molar-refractivity contribution < 1.29 is 4.74 Å². The van der Waals surface area contributed by atoms with E-state index in [2.05, 4.69) is 19.1 Å². The van der Waals surface area contributed by atoms with Crippen molar-refractivity contribution in [2.75, 3.05) is 20.2 Å². The summed E-state index contributed by atoms with van der Waals surface area (Å²) in [6.45, 7) is 5.45. The highest BCUT2D eigenvalue weighted by Crippen LogP contribution is 2.18. The Labute approximate surface area is 85.4 Å². The second-order valence-corrected chi connectivity index (χ2v) is 3.60. The molecule has 3 heteroatoms. The monoisotopic (exact) mass is 194 g/mol. The molecule has 0 atom stereocenters. The van der Waals surface area contributed by atoms with Gasteiger partial charge in [0.25, 0.3) is 0 Å². The standard InChI is InChI=1S/C11H18N2O/c1-9-4-5-10(2)11(8-9)14-7-6-13(3)12/h4-5,8H,6-7,12H2,1-3H3. The van der Waals surface area contributed by atoms with Crippen LogP contribution in [0.25, 0.3) is 0 Å². The quantitative estimate of drug-likeness (QED) is 0.583. The summed E-state index contributed by atoms with van der Waals surface area (Å²) in [4.78, 5) is 0. The third-order valence-corrected chi connectivity index (χ3v) is 2.05. The molecule has 0 saturated carbocycles. The van der Waals surface area contributed by atoms with Gasteiger partial charge in [0.05, 0.1) is 0 Å². The number of nitrogens with zero attached hydrogens (tertiary/aromatic N) is 1. The molecular weight excluding hydrogens is 176 g/mol. The lowest BCUT2D eigenvalue weighted by atomic mass is 10.1. The predicted molar refractivity (Wildman–Crippen MR) is 58.2 cm³/mol. The molecule has 0 aliphatic heterocycles. The Morgan fingerprint density at radius 2 is 2.07 bits per heavy atom. The number of hydrogen-bond acceptors (Lipinski definition) is 3. The van der Waals surface area contributed by atoms with Crippen LogP contribution in [0.5, 0.6) is 5.75 Å². The zero-order valence-electron chi connectivity index (χ0n) is 9.08. The lowest BCUT2D eigenvalue weighted by Crippen LogP contribution is -2.30. The van der Waals surface area contributed by atoms with Gasteiger partial charge in [-0.3, -0.25) is 5.84 Å². The van der Waals surface area contributed by atoms with E-state index in [0.29, 0.717) is 6.61 Å². The number of aryl methyl sites for hydroxylation is 2. The maximum atomic E-state index is 5.61. The Balaban J connectivity index is 2.53. The van der Waals surface area contributed by atoms with E-state index >= 15 is 0 Å². The van der Waals surface area contributed by atoms with Crippen LogP contribution in [0.1, 0.15) is 11.1 Å². The van der Waals surface area contributed by atoms with Crippen LogP contribution < -0.4 is 10.6 Å². The van der Waals surface area contributed by atoms with Gasteiger partial charge in [-0.1, -0.05) is 12.1 Å². The SMILES string of the molecule is Cc1ccc(C)c(OCCN(C)N)c1. The van der Waals surface area contributed by atoms with Crippen LogP contribution >= 0.6 is 0 Å².